The average Bonchev–Trinajstić information content (AvgIpc) is 2.66. The molecular formula is C20H24N2O5. The van der Waals surface area contributed by atoms with Crippen LogP contribution in [0.25, 0.3) is 0 Å². The highest BCUT2D eigenvalue weighted by Crippen LogP contribution is 2.28. The Kier molecular flexibility index (Phi) is 7.16. The minimum absolute atomic E-state index is 0.0307. The molecule has 0 aromatic heterocycles. The fourth-order valence-corrected chi connectivity index (χ4v) is 2.45. The first-order valence-electron chi connectivity index (χ1n) is 8.73. The molecule has 27 heavy (non-hydrogen) atoms. The highest BCUT2D eigenvalue weighted by atomic mass is 16.6. The lowest BCUT2D eigenvalue weighted by atomic mass is 10.1. The molecule has 2 aromatic rings. The zero-order valence-electron chi connectivity index (χ0n) is 15.7. The van der Waals surface area contributed by atoms with Gasteiger partial charge < -0.3 is 14.8 Å². The van der Waals surface area contributed by atoms with E-state index in [1.807, 2.05) is 6.07 Å². The van der Waals surface area contributed by atoms with Gasteiger partial charge in [0.2, 0.25) is 0 Å². The largest absolute Gasteiger partial charge is 0.493 e. The van der Waals surface area contributed by atoms with E-state index in [1.54, 1.807) is 25.3 Å². The summed E-state index contributed by atoms with van der Waals surface area (Å²) in [6.07, 6.45) is 0.941. The first-order chi connectivity index (χ1) is 12.9. The van der Waals surface area contributed by atoms with Gasteiger partial charge in [0.1, 0.15) is 5.56 Å². The third-order valence-electron chi connectivity index (χ3n) is 3.98. The van der Waals surface area contributed by atoms with E-state index in [0.717, 1.165) is 12.0 Å². The van der Waals surface area contributed by atoms with Crippen LogP contribution in [0.4, 0.5) is 5.69 Å². The van der Waals surface area contributed by atoms with E-state index in [2.05, 4.69) is 19.2 Å². The van der Waals surface area contributed by atoms with E-state index in [-0.39, 0.29) is 17.8 Å². The summed E-state index contributed by atoms with van der Waals surface area (Å²) in [5, 5.41) is 13.7. The molecule has 0 saturated carbocycles. The fraction of sp³-hybridized carbons (Fsp3) is 0.350. The van der Waals surface area contributed by atoms with Crippen molar-refractivity contribution < 1.29 is 19.2 Å². The molecule has 0 fully saturated rings. The second-order valence-corrected chi connectivity index (χ2v) is 6.47. The number of hydrogen-bond acceptors (Lipinski definition) is 5. The van der Waals surface area contributed by atoms with Gasteiger partial charge in [0.25, 0.3) is 11.6 Å². The van der Waals surface area contributed by atoms with Crippen LogP contribution in [-0.2, 0) is 6.54 Å². The zero-order valence-corrected chi connectivity index (χ0v) is 15.7. The highest BCUT2D eigenvalue weighted by molar-refractivity contribution is 5.98. The van der Waals surface area contributed by atoms with Gasteiger partial charge in [-0.05, 0) is 36.1 Å². The minimum Gasteiger partial charge on any atom is -0.493 e. The number of carbonyl (C=O) groups is 1. The van der Waals surface area contributed by atoms with Crippen molar-refractivity contribution in [3.63, 3.8) is 0 Å². The molecule has 0 unspecified atom stereocenters. The van der Waals surface area contributed by atoms with Crippen molar-refractivity contribution in [1.82, 2.24) is 5.32 Å². The van der Waals surface area contributed by atoms with Gasteiger partial charge in [0, 0.05) is 12.6 Å². The molecule has 0 atom stereocenters. The van der Waals surface area contributed by atoms with Crippen LogP contribution in [0.3, 0.4) is 0 Å². The van der Waals surface area contributed by atoms with E-state index >= 15 is 0 Å². The van der Waals surface area contributed by atoms with Crippen LogP contribution >= 0.6 is 0 Å². The van der Waals surface area contributed by atoms with Crippen molar-refractivity contribution in [2.75, 3.05) is 13.7 Å². The van der Waals surface area contributed by atoms with Crippen molar-refractivity contribution in [2.45, 2.75) is 26.8 Å². The number of para-hydroxylation sites is 1. The Balaban J connectivity index is 2.03. The topological polar surface area (TPSA) is 90.7 Å². The molecule has 7 nitrogen and oxygen atoms in total. The van der Waals surface area contributed by atoms with E-state index in [1.165, 1.54) is 18.2 Å². The van der Waals surface area contributed by atoms with Gasteiger partial charge in [-0.25, -0.2) is 0 Å². The number of ether oxygens (including phenoxy) is 2. The second kappa shape index (κ2) is 9.56. The van der Waals surface area contributed by atoms with Crippen molar-refractivity contribution >= 4 is 11.6 Å². The Labute approximate surface area is 158 Å². The number of nitro groups is 1. The first-order valence-corrected chi connectivity index (χ1v) is 8.73. The number of nitrogens with zero attached hydrogens (tertiary/aromatic N) is 1. The summed E-state index contributed by atoms with van der Waals surface area (Å²) in [6.45, 7) is 5.07. The minimum atomic E-state index is -0.568. The highest BCUT2D eigenvalue weighted by Gasteiger charge is 2.19. The standard InChI is InChI=1S/C20H24N2O5/c1-14(2)10-11-27-18-9-8-15(12-19(18)26-3)13-21-20(23)16-6-4-5-7-17(16)22(24)25/h4-9,12,14H,10-11,13H2,1-3H3,(H,21,23). The predicted octanol–water partition coefficient (Wildman–Crippen LogP) is 3.96. The van der Waals surface area contributed by atoms with Gasteiger partial charge in [-0.3, -0.25) is 14.9 Å². The molecule has 1 amide bonds. The molecule has 1 N–H and O–H groups in total. The maximum absolute atomic E-state index is 12.3. The molecule has 0 aliphatic heterocycles. The quantitative estimate of drug-likeness (QED) is 0.531. The molecule has 2 rings (SSSR count). The fourth-order valence-electron chi connectivity index (χ4n) is 2.45. The smallest absolute Gasteiger partial charge is 0.282 e. The Bertz CT molecular complexity index is 805. The number of rotatable bonds is 9. The third kappa shape index (κ3) is 5.70. The van der Waals surface area contributed by atoms with Gasteiger partial charge >= 0.3 is 0 Å². The molecular weight excluding hydrogens is 348 g/mol. The van der Waals surface area contributed by atoms with E-state index in [0.29, 0.717) is 24.0 Å². The van der Waals surface area contributed by atoms with E-state index < -0.39 is 10.8 Å². The molecule has 0 heterocycles. The lowest BCUT2D eigenvalue weighted by Gasteiger charge is -2.13. The summed E-state index contributed by atoms with van der Waals surface area (Å²) in [5.74, 6) is 1.27. The van der Waals surface area contributed by atoms with Crippen LogP contribution in [0.1, 0.15) is 36.2 Å². The van der Waals surface area contributed by atoms with Crippen LogP contribution in [-0.4, -0.2) is 24.5 Å². The molecule has 2 aromatic carbocycles. The summed E-state index contributed by atoms with van der Waals surface area (Å²) in [7, 11) is 1.56. The van der Waals surface area contributed by atoms with Crippen LogP contribution in [0.15, 0.2) is 42.5 Å². The van der Waals surface area contributed by atoms with Gasteiger partial charge in [0.05, 0.1) is 18.6 Å². The summed E-state index contributed by atoms with van der Waals surface area (Å²) in [6, 6.07) is 11.3. The van der Waals surface area contributed by atoms with E-state index in [4.69, 9.17) is 9.47 Å². The lowest BCUT2D eigenvalue weighted by molar-refractivity contribution is -0.385. The van der Waals surface area contributed by atoms with Gasteiger partial charge in [0.15, 0.2) is 11.5 Å². The second-order valence-electron chi connectivity index (χ2n) is 6.47. The van der Waals surface area contributed by atoms with Crippen molar-refractivity contribution in [2.24, 2.45) is 5.92 Å². The Morgan fingerprint density at radius 2 is 1.93 bits per heavy atom. The summed E-state index contributed by atoms with van der Waals surface area (Å²) in [5.41, 5.74) is 0.611. The Morgan fingerprint density at radius 1 is 1.19 bits per heavy atom. The van der Waals surface area contributed by atoms with Gasteiger partial charge in [-0.1, -0.05) is 32.0 Å². The van der Waals surface area contributed by atoms with Crippen LogP contribution in [0.5, 0.6) is 11.5 Å². The Morgan fingerprint density at radius 3 is 2.59 bits per heavy atom. The van der Waals surface area contributed by atoms with Crippen LogP contribution in [0.2, 0.25) is 0 Å². The van der Waals surface area contributed by atoms with Gasteiger partial charge in [-0.15, -0.1) is 0 Å². The average molecular weight is 372 g/mol. The zero-order chi connectivity index (χ0) is 19.8. The SMILES string of the molecule is COc1cc(CNC(=O)c2ccccc2[N+](=O)[O-])ccc1OCCC(C)C. The molecule has 0 aliphatic carbocycles. The Hall–Kier alpha value is -3.09. The number of benzene rings is 2. The third-order valence-corrected chi connectivity index (χ3v) is 3.98. The summed E-state index contributed by atoms with van der Waals surface area (Å²) in [4.78, 5) is 22.8. The number of carbonyl (C=O) groups excluding carboxylic acids is 1. The van der Waals surface area contributed by atoms with Crippen molar-refractivity contribution in [3.05, 3.63) is 63.7 Å². The molecule has 0 saturated heterocycles. The van der Waals surface area contributed by atoms with Crippen molar-refractivity contribution in [1.29, 1.82) is 0 Å². The lowest BCUT2D eigenvalue weighted by Crippen LogP contribution is -2.23. The van der Waals surface area contributed by atoms with Crippen molar-refractivity contribution in [3.8, 4) is 11.5 Å². The maximum atomic E-state index is 12.3. The predicted molar refractivity (Wildman–Crippen MR) is 102 cm³/mol. The van der Waals surface area contributed by atoms with Crippen LogP contribution in [0, 0.1) is 16.0 Å². The molecule has 0 aliphatic rings. The maximum Gasteiger partial charge on any atom is 0.282 e. The molecule has 144 valence electrons. The summed E-state index contributed by atoms with van der Waals surface area (Å²) < 4.78 is 11.1. The summed E-state index contributed by atoms with van der Waals surface area (Å²) >= 11 is 0. The van der Waals surface area contributed by atoms with Gasteiger partial charge in [-0.2, -0.15) is 0 Å². The molecule has 7 heteroatoms. The first kappa shape index (κ1) is 20.2. The number of nitro benzene ring substituents is 1. The van der Waals surface area contributed by atoms with Crippen LogP contribution < -0.4 is 14.8 Å². The van der Waals surface area contributed by atoms with E-state index in [9.17, 15) is 14.9 Å². The molecule has 0 spiro atoms. The monoisotopic (exact) mass is 372 g/mol. The number of nitrogens with one attached hydrogen (secondary N) is 1. The molecule has 0 bridgehead atoms. The number of hydrogen-bond donors (Lipinski definition) is 1. The number of methoxy groups -OCH3 is 1. The normalized spacial score (nSPS) is 10.5. The molecule has 0 radical (unpaired) electrons. The number of amides is 1.